The summed E-state index contributed by atoms with van der Waals surface area (Å²) in [5, 5.41) is 3.09. The molecule has 0 atom stereocenters. The molecule has 28 heavy (non-hydrogen) atoms. The molecule has 0 saturated heterocycles. The van der Waals surface area contributed by atoms with Crippen molar-refractivity contribution in [2.24, 2.45) is 0 Å². The van der Waals surface area contributed by atoms with Crippen LogP contribution >= 0.6 is 11.3 Å². The number of methoxy groups -OCH3 is 2. The van der Waals surface area contributed by atoms with Crippen molar-refractivity contribution in [2.45, 2.75) is 20.0 Å². The van der Waals surface area contributed by atoms with E-state index in [9.17, 15) is 0 Å². The van der Waals surface area contributed by atoms with Crippen LogP contribution in [0.2, 0.25) is 0 Å². The predicted molar refractivity (Wildman–Crippen MR) is 113 cm³/mol. The maximum atomic E-state index is 5.59. The highest BCUT2D eigenvalue weighted by molar-refractivity contribution is 7.13. The number of thiazole rings is 1. The molecule has 0 unspecified atom stereocenters. The first-order chi connectivity index (χ1) is 13.6. The fourth-order valence-electron chi connectivity index (χ4n) is 3.00. The summed E-state index contributed by atoms with van der Waals surface area (Å²) in [6.07, 6.45) is 0. The van der Waals surface area contributed by atoms with Gasteiger partial charge >= 0.3 is 0 Å². The summed E-state index contributed by atoms with van der Waals surface area (Å²) in [5.41, 5.74) is 3.30. The van der Waals surface area contributed by atoms with Crippen LogP contribution in [0.5, 0.6) is 17.2 Å². The molecule has 0 amide bonds. The van der Waals surface area contributed by atoms with E-state index in [4.69, 9.17) is 19.2 Å². The van der Waals surface area contributed by atoms with E-state index in [2.05, 4.69) is 29.5 Å². The minimum absolute atomic E-state index is 0.608. The zero-order chi connectivity index (χ0) is 19.9. The summed E-state index contributed by atoms with van der Waals surface area (Å²) in [6.45, 7) is 4.18. The van der Waals surface area contributed by atoms with Gasteiger partial charge in [0.05, 0.1) is 26.5 Å². The van der Waals surface area contributed by atoms with Crippen molar-refractivity contribution in [3.8, 4) is 27.8 Å². The minimum Gasteiger partial charge on any atom is -0.497 e. The lowest BCUT2D eigenvalue weighted by Crippen LogP contribution is -2.17. The molecule has 0 N–H and O–H groups in total. The maximum absolute atomic E-state index is 5.59. The second-order valence-corrected chi connectivity index (χ2v) is 7.32. The summed E-state index contributed by atoms with van der Waals surface area (Å²) in [4.78, 5) is 7.05. The molecule has 0 spiro atoms. The van der Waals surface area contributed by atoms with E-state index in [1.807, 2.05) is 37.3 Å². The molecule has 0 bridgehead atoms. The first-order valence-electron chi connectivity index (χ1n) is 9.20. The molecule has 5 nitrogen and oxygen atoms in total. The van der Waals surface area contributed by atoms with Gasteiger partial charge in [0.2, 0.25) is 0 Å². The van der Waals surface area contributed by atoms with Crippen LogP contribution in [-0.2, 0) is 13.1 Å². The zero-order valence-corrected chi connectivity index (χ0v) is 17.6. The van der Waals surface area contributed by atoms with Crippen molar-refractivity contribution >= 4 is 11.3 Å². The van der Waals surface area contributed by atoms with Gasteiger partial charge in [-0.15, -0.1) is 11.3 Å². The number of hydrogen-bond acceptors (Lipinski definition) is 6. The quantitative estimate of drug-likeness (QED) is 0.515. The lowest BCUT2D eigenvalue weighted by Gasteiger charge is -2.15. The number of nitrogens with zero attached hydrogens (tertiary/aromatic N) is 2. The Kier molecular flexibility index (Phi) is 6.90. The summed E-state index contributed by atoms with van der Waals surface area (Å²) < 4.78 is 16.3. The molecular weight excluding hydrogens is 372 g/mol. The molecule has 1 aromatic heterocycles. The molecule has 3 aromatic rings. The second-order valence-electron chi connectivity index (χ2n) is 6.47. The highest BCUT2D eigenvalue weighted by atomic mass is 32.1. The van der Waals surface area contributed by atoms with Gasteiger partial charge in [-0.25, -0.2) is 4.98 Å². The van der Waals surface area contributed by atoms with Crippen LogP contribution in [0, 0.1) is 0 Å². The molecule has 0 radical (unpaired) electrons. The third kappa shape index (κ3) is 5.03. The van der Waals surface area contributed by atoms with E-state index in [-0.39, 0.29) is 0 Å². The van der Waals surface area contributed by atoms with Gasteiger partial charge in [0, 0.05) is 24.0 Å². The normalized spacial score (nSPS) is 10.9. The van der Waals surface area contributed by atoms with Crippen molar-refractivity contribution in [3.05, 3.63) is 59.1 Å². The zero-order valence-electron chi connectivity index (χ0n) is 16.8. The Morgan fingerprint density at radius 2 is 1.86 bits per heavy atom. The lowest BCUT2D eigenvalue weighted by atomic mass is 10.2. The van der Waals surface area contributed by atoms with Crippen LogP contribution in [0.4, 0.5) is 0 Å². The molecule has 1 heterocycles. The number of hydrogen-bond donors (Lipinski definition) is 0. The third-order valence-electron chi connectivity index (χ3n) is 4.28. The maximum Gasteiger partial charge on any atom is 0.161 e. The van der Waals surface area contributed by atoms with E-state index < -0.39 is 0 Å². The minimum atomic E-state index is 0.608. The van der Waals surface area contributed by atoms with Crippen LogP contribution in [0.1, 0.15) is 18.2 Å². The standard InChI is InChI=1S/C22H26N2O3S/c1-5-27-20-10-9-17(12-21(20)26-4)22-23-18(15-28-22)14-24(2)13-16-7-6-8-19(11-16)25-3/h6-12,15H,5,13-14H2,1-4H3. The molecular formula is C22H26N2O3S. The Hall–Kier alpha value is -2.57. The Morgan fingerprint density at radius 3 is 2.61 bits per heavy atom. The van der Waals surface area contributed by atoms with Gasteiger partial charge in [-0.2, -0.15) is 0 Å². The van der Waals surface area contributed by atoms with Crippen LogP contribution in [0.25, 0.3) is 10.6 Å². The topological polar surface area (TPSA) is 43.8 Å². The third-order valence-corrected chi connectivity index (χ3v) is 5.22. The molecule has 0 fully saturated rings. The average Bonchev–Trinajstić information content (AvgIpc) is 3.16. The van der Waals surface area contributed by atoms with Crippen molar-refractivity contribution in [1.29, 1.82) is 0 Å². The molecule has 148 valence electrons. The molecule has 6 heteroatoms. The van der Waals surface area contributed by atoms with Gasteiger partial charge in [-0.1, -0.05) is 12.1 Å². The summed E-state index contributed by atoms with van der Waals surface area (Å²) in [6, 6.07) is 14.1. The predicted octanol–water partition coefficient (Wildman–Crippen LogP) is 4.86. The lowest BCUT2D eigenvalue weighted by molar-refractivity contribution is 0.311. The van der Waals surface area contributed by atoms with E-state index in [0.29, 0.717) is 6.61 Å². The molecule has 2 aromatic carbocycles. The number of ether oxygens (including phenoxy) is 3. The van der Waals surface area contributed by atoms with Crippen LogP contribution < -0.4 is 14.2 Å². The van der Waals surface area contributed by atoms with E-state index >= 15 is 0 Å². The fourth-order valence-corrected chi connectivity index (χ4v) is 3.81. The highest BCUT2D eigenvalue weighted by Gasteiger charge is 2.11. The largest absolute Gasteiger partial charge is 0.497 e. The summed E-state index contributed by atoms with van der Waals surface area (Å²) >= 11 is 1.64. The van der Waals surface area contributed by atoms with Crippen molar-refractivity contribution in [1.82, 2.24) is 9.88 Å². The van der Waals surface area contributed by atoms with Crippen molar-refractivity contribution in [2.75, 3.05) is 27.9 Å². The van der Waals surface area contributed by atoms with E-state index in [1.165, 1.54) is 5.56 Å². The smallest absolute Gasteiger partial charge is 0.161 e. The van der Waals surface area contributed by atoms with Gasteiger partial charge in [-0.3, -0.25) is 4.90 Å². The molecule has 0 aliphatic rings. The summed E-state index contributed by atoms with van der Waals surface area (Å²) in [5.74, 6) is 2.36. The van der Waals surface area contributed by atoms with Crippen molar-refractivity contribution in [3.63, 3.8) is 0 Å². The molecule has 3 rings (SSSR count). The first kappa shape index (κ1) is 20.2. The monoisotopic (exact) mass is 398 g/mol. The SMILES string of the molecule is CCOc1ccc(-c2nc(CN(C)Cc3cccc(OC)c3)cs2)cc1OC. The molecule has 0 saturated carbocycles. The Bertz CT molecular complexity index is 910. The van der Waals surface area contributed by atoms with Gasteiger partial charge in [0.15, 0.2) is 11.5 Å². The fraction of sp³-hybridized carbons (Fsp3) is 0.318. The van der Waals surface area contributed by atoms with E-state index in [1.54, 1.807) is 25.6 Å². The van der Waals surface area contributed by atoms with Gasteiger partial charge < -0.3 is 14.2 Å². The highest BCUT2D eigenvalue weighted by Crippen LogP contribution is 2.34. The second kappa shape index (κ2) is 9.57. The van der Waals surface area contributed by atoms with Crippen molar-refractivity contribution < 1.29 is 14.2 Å². The summed E-state index contributed by atoms with van der Waals surface area (Å²) in [7, 11) is 5.44. The van der Waals surface area contributed by atoms with E-state index in [0.717, 1.165) is 46.6 Å². The average molecular weight is 399 g/mol. The van der Waals surface area contributed by atoms with Gasteiger partial charge in [-0.05, 0) is 49.9 Å². The molecule has 0 aliphatic carbocycles. The Balaban J connectivity index is 1.68. The number of aromatic nitrogens is 1. The van der Waals surface area contributed by atoms with Crippen LogP contribution in [0.3, 0.4) is 0 Å². The first-order valence-corrected chi connectivity index (χ1v) is 10.1. The Labute approximate surface area is 170 Å². The number of benzene rings is 2. The van der Waals surface area contributed by atoms with Gasteiger partial charge in [0.25, 0.3) is 0 Å². The molecule has 0 aliphatic heterocycles. The number of rotatable bonds is 9. The Morgan fingerprint density at radius 1 is 1.00 bits per heavy atom. The van der Waals surface area contributed by atoms with Crippen LogP contribution in [-0.4, -0.2) is 37.8 Å². The van der Waals surface area contributed by atoms with Gasteiger partial charge in [0.1, 0.15) is 10.8 Å². The van der Waals surface area contributed by atoms with Crippen LogP contribution in [0.15, 0.2) is 47.8 Å².